The summed E-state index contributed by atoms with van der Waals surface area (Å²) in [7, 11) is 4.26. The third-order valence-electron chi connectivity index (χ3n) is 3.82. The molecule has 102 valence electrons. The Hall–Kier alpha value is -1.14. The number of rotatable bonds is 3. The Kier molecular flexibility index (Phi) is 3.22. The molecular weight excluding hydrogens is 306 g/mol. The molecule has 0 spiro atoms. The second-order valence-electron chi connectivity index (χ2n) is 5.60. The third kappa shape index (κ3) is 2.23. The number of halogens is 1. The highest BCUT2D eigenvalue weighted by molar-refractivity contribution is 9.10. The molecule has 0 atom stereocenters. The van der Waals surface area contributed by atoms with E-state index in [1.165, 1.54) is 19.2 Å². The van der Waals surface area contributed by atoms with Crippen molar-refractivity contribution in [1.82, 2.24) is 19.4 Å². The zero-order valence-corrected chi connectivity index (χ0v) is 12.8. The van der Waals surface area contributed by atoms with Gasteiger partial charge in [0.15, 0.2) is 0 Å². The van der Waals surface area contributed by atoms with Crippen molar-refractivity contribution < 1.29 is 0 Å². The van der Waals surface area contributed by atoms with Gasteiger partial charge in [0.2, 0.25) is 0 Å². The Balaban J connectivity index is 1.86. The number of hydrogen-bond acceptors (Lipinski definition) is 4. The maximum atomic E-state index is 5.92. The number of nitrogens with zero attached hydrogens (tertiary/aromatic N) is 4. The van der Waals surface area contributed by atoms with Crippen LogP contribution in [0.4, 0.5) is 5.82 Å². The van der Waals surface area contributed by atoms with Gasteiger partial charge in [-0.25, -0.2) is 9.97 Å². The Bertz CT molecular complexity index is 600. The van der Waals surface area contributed by atoms with E-state index in [1.807, 2.05) is 0 Å². The van der Waals surface area contributed by atoms with E-state index in [0.29, 0.717) is 11.9 Å². The van der Waals surface area contributed by atoms with Gasteiger partial charge in [-0.3, -0.25) is 0 Å². The smallest absolute Gasteiger partial charge is 0.146 e. The lowest BCUT2D eigenvalue weighted by Crippen LogP contribution is -2.33. The number of aromatic nitrogens is 3. The molecule has 1 aliphatic rings. The second kappa shape index (κ2) is 4.76. The van der Waals surface area contributed by atoms with Crippen LogP contribution in [0.5, 0.6) is 0 Å². The lowest BCUT2D eigenvalue weighted by atomic mass is 9.80. The van der Waals surface area contributed by atoms with Crippen LogP contribution >= 0.6 is 15.9 Å². The van der Waals surface area contributed by atoms with Gasteiger partial charge in [-0.1, -0.05) is 0 Å². The van der Waals surface area contributed by atoms with Crippen LogP contribution in [0.2, 0.25) is 0 Å². The van der Waals surface area contributed by atoms with Crippen molar-refractivity contribution in [1.29, 1.82) is 0 Å². The minimum absolute atomic E-state index is 0.535. The zero-order valence-electron chi connectivity index (χ0n) is 11.2. The molecule has 0 unspecified atom stereocenters. The maximum absolute atomic E-state index is 5.92. The van der Waals surface area contributed by atoms with E-state index in [0.717, 1.165) is 28.0 Å². The lowest BCUT2D eigenvalue weighted by Gasteiger charge is -2.38. The van der Waals surface area contributed by atoms with E-state index < -0.39 is 0 Å². The van der Waals surface area contributed by atoms with Crippen molar-refractivity contribution in [2.24, 2.45) is 5.92 Å². The van der Waals surface area contributed by atoms with Crippen LogP contribution in [0.1, 0.15) is 18.9 Å². The summed E-state index contributed by atoms with van der Waals surface area (Å²) in [4.78, 5) is 10.7. The topological polar surface area (TPSA) is 60.0 Å². The molecule has 0 aliphatic heterocycles. The van der Waals surface area contributed by atoms with Gasteiger partial charge in [-0.05, 0) is 48.8 Å². The van der Waals surface area contributed by atoms with Crippen LogP contribution in [0.15, 0.2) is 17.0 Å². The van der Waals surface area contributed by atoms with Crippen molar-refractivity contribution in [2.75, 3.05) is 26.4 Å². The van der Waals surface area contributed by atoms with Crippen molar-refractivity contribution in [2.45, 2.75) is 18.9 Å². The van der Waals surface area contributed by atoms with Crippen molar-refractivity contribution in [3.63, 3.8) is 0 Å². The minimum Gasteiger partial charge on any atom is -0.383 e. The summed E-state index contributed by atoms with van der Waals surface area (Å²) < 4.78 is 3.22. The summed E-state index contributed by atoms with van der Waals surface area (Å²) in [6.07, 6.45) is 6.04. The number of anilines is 1. The van der Waals surface area contributed by atoms with Crippen molar-refractivity contribution >= 4 is 32.8 Å². The van der Waals surface area contributed by atoms with Crippen molar-refractivity contribution in [3.8, 4) is 0 Å². The Morgan fingerprint density at radius 3 is 2.84 bits per heavy atom. The third-order valence-corrected chi connectivity index (χ3v) is 4.42. The fourth-order valence-corrected chi connectivity index (χ4v) is 3.53. The molecule has 1 aliphatic carbocycles. The Morgan fingerprint density at radius 1 is 1.42 bits per heavy atom. The molecule has 1 saturated carbocycles. The molecule has 0 radical (unpaired) electrons. The molecule has 19 heavy (non-hydrogen) atoms. The fourth-order valence-electron chi connectivity index (χ4n) is 2.93. The van der Waals surface area contributed by atoms with E-state index >= 15 is 0 Å². The molecule has 2 aromatic heterocycles. The fraction of sp³-hybridized carbons (Fsp3) is 0.538. The zero-order chi connectivity index (χ0) is 13.6. The van der Waals surface area contributed by atoms with Gasteiger partial charge in [-0.15, -0.1) is 0 Å². The van der Waals surface area contributed by atoms with Gasteiger partial charge in [0.1, 0.15) is 17.8 Å². The monoisotopic (exact) mass is 323 g/mol. The first-order chi connectivity index (χ1) is 9.06. The van der Waals surface area contributed by atoms with Gasteiger partial charge in [0.25, 0.3) is 0 Å². The number of hydrogen-bond donors (Lipinski definition) is 1. The summed E-state index contributed by atoms with van der Waals surface area (Å²) in [5.41, 5.74) is 6.86. The summed E-state index contributed by atoms with van der Waals surface area (Å²) >= 11 is 3.56. The molecule has 0 amide bonds. The van der Waals surface area contributed by atoms with E-state index in [9.17, 15) is 0 Å². The van der Waals surface area contributed by atoms with Gasteiger partial charge >= 0.3 is 0 Å². The van der Waals surface area contributed by atoms with Gasteiger partial charge in [0, 0.05) is 23.3 Å². The summed E-state index contributed by atoms with van der Waals surface area (Å²) in [5.74, 6) is 1.33. The highest BCUT2D eigenvalue weighted by Gasteiger charge is 2.32. The molecule has 0 saturated heterocycles. The molecule has 1 fully saturated rings. The van der Waals surface area contributed by atoms with E-state index in [-0.39, 0.29) is 0 Å². The normalized spacial score (nSPS) is 22.9. The van der Waals surface area contributed by atoms with E-state index in [2.05, 4.69) is 55.7 Å². The second-order valence-corrected chi connectivity index (χ2v) is 6.45. The Morgan fingerprint density at radius 2 is 2.16 bits per heavy atom. The number of nitrogens with two attached hydrogens (primary N) is 1. The standard InChI is InChI=1S/C13H18BrN5/c1-18(2)5-8-3-9(4-8)19-6-10(14)11-12(15)16-7-17-13(11)19/h6-9H,3-5H2,1-2H3,(H2,15,16,17). The predicted molar refractivity (Wildman–Crippen MR) is 80.0 cm³/mol. The summed E-state index contributed by atoms with van der Waals surface area (Å²) in [6.45, 7) is 1.16. The van der Waals surface area contributed by atoms with Crippen LogP contribution in [0.25, 0.3) is 11.0 Å². The van der Waals surface area contributed by atoms with Crippen LogP contribution in [-0.2, 0) is 0 Å². The molecule has 3 rings (SSSR count). The molecule has 6 heteroatoms. The summed E-state index contributed by atoms with van der Waals surface area (Å²) in [6, 6.07) is 0.535. The Labute approximate surface area is 120 Å². The molecule has 2 N–H and O–H groups in total. The maximum Gasteiger partial charge on any atom is 0.146 e. The highest BCUT2D eigenvalue weighted by Crippen LogP contribution is 2.41. The van der Waals surface area contributed by atoms with E-state index in [1.54, 1.807) is 0 Å². The van der Waals surface area contributed by atoms with Crippen LogP contribution in [-0.4, -0.2) is 40.1 Å². The molecule has 0 bridgehead atoms. The average molecular weight is 324 g/mol. The first-order valence-electron chi connectivity index (χ1n) is 6.47. The quantitative estimate of drug-likeness (QED) is 0.941. The minimum atomic E-state index is 0.535. The highest BCUT2D eigenvalue weighted by atomic mass is 79.9. The predicted octanol–water partition coefficient (Wildman–Crippen LogP) is 2.29. The number of fused-ring (bicyclic) bond motifs is 1. The van der Waals surface area contributed by atoms with E-state index in [4.69, 9.17) is 5.73 Å². The molecule has 5 nitrogen and oxygen atoms in total. The largest absolute Gasteiger partial charge is 0.383 e. The van der Waals surface area contributed by atoms with Crippen LogP contribution in [0, 0.1) is 5.92 Å². The molecule has 0 aromatic carbocycles. The number of nitrogen functional groups attached to an aromatic ring is 1. The molecule has 2 heterocycles. The van der Waals surface area contributed by atoms with Gasteiger partial charge in [-0.2, -0.15) is 0 Å². The molecular formula is C13H18BrN5. The SMILES string of the molecule is CN(C)CC1CC(n2cc(Br)c3c(N)ncnc32)C1. The molecule has 2 aromatic rings. The van der Waals surface area contributed by atoms with Crippen LogP contribution < -0.4 is 5.73 Å². The first-order valence-corrected chi connectivity index (χ1v) is 7.26. The first kappa shape index (κ1) is 12.9. The average Bonchev–Trinajstić information content (AvgIpc) is 2.62. The summed E-state index contributed by atoms with van der Waals surface area (Å²) in [5, 5.41) is 0.929. The van der Waals surface area contributed by atoms with Crippen molar-refractivity contribution in [3.05, 3.63) is 17.0 Å². The van der Waals surface area contributed by atoms with Crippen LogP contribution in [0.3, 0.4) is 0 Å². The lowest BCUT2D eigenvalue weighted by molar-refractivity contribution is 0.159. The van der Waals surface area contributed by atoms with Gasteiger partial charge < -0.3 is 15.2 Å². The van der Waals surface area contributed by atoms with Gasteiger partial charge in [0.05, 0.1) is 5.39 Å².